The zero-order valence-electron chi connectivity index (χ0n) is 12.1. The summed E-state index contributed by atoms with van der Waals surface area (Å²) in [6, 6.07) is 0. The molecule has 0 bridgehead atoms. The zero-order valence-corrected chi connectivity index (χ0v) is 12.1. The maximum atomic E-state index is 12.2. The number of amides is 1. The van der Waals surface area contributed by atoms with Gasteiger partial charge in [-0.1, -0.05) is 13.8 Å². The molecule has 19 heavy (non-hydrogen) atoms. The number of furan rings is 1. The molecule has 1 aromatic heterocycles. The van der Waals surface area contributed by atoms with Gasteiger partial charge in [0.25, 0.3) is 0 Å². The highest BCUT2D eigenvalue weighted by Gasteiger charge is 2.37. The smallest absolute Gasteiger partial charge is 0.301 e. The Morgan fingerprint density at radius 3 is 2.53 bits per heavy atom. The fraction of sp³-hybridized carbons (Fsp3) is 0.571. The third kappa shape index (κ3) is 2.56. The molecule has 1 heterocycles. The van der Waals surface area contributed by atoms with Crippen LogP contribution in [0.25, 0.3) is 0 Å². The molecule has 1 aromatic rings. The van der Waals surface area contributed by atoms with Gasteiger partial charge in [0.05, 0.1) is 5.56 Å². The van der Waals surface area contributed by atoms with Crippen molar-refractivity contribution in [1.29, 1.82) is 0 Å². The molecule has 0 aliphatic heterocycles. The molecule has 0 unspecified atom stereocenters. The predicted octanol–water partition coefficient (Wildman–Crippen LogP) is 1.95. The summed E-state index contributed by atoms with van der Waals surface area (Å²) in [5.41, 5.74) is 3.77. The Balaban J connectivity index is 2.41. The Labute approximate surface area is 112 Å². The van der Waals surface area contributed by atoms with Gasteiger partial charge in [-0.05, 0) is 12.3 Å². The van der Waals surface area contributed by atoms with Gasteiger partial charge in [-0.25, -0.2) is 5.01 Å². The highest BCUT2D eigenvalue weighted by molar-refractivity contribution is 6.03. The lowest BCUT2D eigenvalue weighted by Gasteiger charge is -2.27. The number of rotatable bonds is 2. The van der Waals surface area contributed by atoms with E-state index < -0.39 is 0 Å². The number of hydrogen-bond acceptors (Lipinski definition) is 4. The van der Waals surface area contributed by atoms with Crippen LogP contribution >= 0.6 is 0 Å². The number of ketones is 1. The Bertz CT molecular complexity index is 541. The van der Waals surface area contributed by atoms with E-state index in [4.69, 9.17) is 4.42 Å². The summed E-state index contributed by atoms with van der Waals surface area (Å²) in [7, 11) is 3.45. The van der Waals surface area contributed by atoms with Crippen LogP contribution < -0.4 is 5.43 Å². The molecule has 0 saturated heterocycles. The Morgan fingerprint density at radius 1 is 1.32 bits per heavy atom. The molecule has 0 radical (unpaired) electrons. The highest BCUT2D eigenvalue weighted by atomic mass is 16.4. The summed E-state index contributed by atoms with van der Waals surface area (Å²) < 4.78 is 5.65. The molecule has 104 valence electrons. The van der Waals surface area contributed by atoms with Crippen LogP contribution in [0.5, 0.6) is 0 Å². The van der Waals surface area contributed by atoms with E-state index in [2.05, 4.69) is 5.43 Å². The molecule has 1 N–H and O–H groups in total. The topological polar surface area (TPSA) is 62.6 Å². The van der Waals surface area contributed by atoms with Gasteiger partial charge in [0.15, 0.2) is 11.5 Å². The van der Waals surface area contributed by atoms with Crippen molar-refractivity contribution in [2.45, 2.75) is 33.6 Å². The molecule has 0 atom stereocenters. The van der Waals surface area contributed by atoms with Crippen molar-refractivity contribution in [3.63, 3.8) is 0 Å². The quantitative estimate of drug-likeness (QED) is 0.829. The molecule has 5 heteroatoms. The maximum Gasteiger partial charge on any atom is 0.301 e. The minimum Gasteiger partial charge on any atom is -0.455 e. The lowest BCUT2D eigenvalue weighted by Crippen LogP contribution is -2.36. The second kappa shape index (κ2) is 4.49. The van der Waals surface area contributed by atoms with Crippen LogP contribution in [0.4, 0.5) is 0 Å². The van der Waals surface area contributed by atoms with E-state index in [1.54, 1.807) is 26.0 Å². The van der Waals surface area contributed by atoms with Crippen molar-refractivity contribution >= 4 is 11.7 Å². The highest BCUT2D eigenvalue weighted by Crippen LogP contribution is 2.38. The van der Waals surface area contributed by atoms with Crippen LogP contribution in [-0.2, 0) is 6.42 Å². The standard InChI is InChI=1S/C14H20N2O3/c1-8-11-9(17)6-14(2,3)7-10(11)19-12(8)13(18)15-16(4)5/h6-7H2,1-5H3,(H,15,18). The van der Waals surface area contributed by atoms with E-state index in [1.807, 2.05) is 13.8 Å². The average molecular weight is 264 g/mol. The zero-order chi connectivity index (χ0) is 14.4. The van der Waals surface area contributed by atoms with Crippen molar-refractivity contribution in [1.82, 2.24) is 10.4 Å². The lowest BCUT2D eigenvalue weighted by atomic mass is 9.76. The van der Waals surface area contributed by atoms with Gasteiger partial charge >= 0.3 is 5.91 Å². The number of Topliss-reactive ketones (excluding diaryl/α,β-unsaturated/α-hetero) is 1. The van der Waals surface area contributed by atoms with E-state index in [0.29, 0.717) is 29.7 Å². The van der Waals surface area contributed by atoms with Gasteiger partial charge in [-0.2, -0.15) is 0 Å². The SMILES string of the molecule is Cc1c(C(=O)NN(C)C)oc2c1C(=O)CC(C)(C)C2. The third-order valence-corrected chi connectivity index (χ3v) is 3.31. The van der Waals surface area contributed by atoms with Gasteiger partial charge in [-0.3, -0.25) is 15.0 Å². The Kier molecular flexibility index (Phi) is 3.26. The van der Waals surface area contributed by atoms with Crippen LogP contribution in [0.1, 0.15) is 52.5 Å². The number of nitrogens with one attached hydrogen (secondary N) is 1. The number of fused-ring (bicyclic) bond motifs is 1. The van der Waals surface area contributed by atoms with E-state index in [1.165, 1.54) is 0 Å². The van der Waals surface area contributed by atoms with Crippen molar-refractivity contribution in [2.24, 2.45) is 5.41 Å². The first kappa shape index (κ1) is 13.8. The second-order valence-corrected chi connectivity index (χ2v) is 6.13. The van der Waals surface area contributed by atoms with E-state index >= 15 is 0 Å². The van der Waals surface area contributed by atoms with Crippen LogP contribution in [-0.4, -0.2) is 30.8 Å². The molecule has 0 saturated carbocycles. The molecule has 0 spiro atoms. The first-order valence-electron chi connectivity index (χ1n) is 6.35. The van der Waals surface area contributed by atoms with Crippen LogP contribution in [0, 0.1) is 12.3 Å². The fourth-order valence-electron chi connectivity index (χ4n) is 2.55. The summed E-state index contributed by atoms with van der Waals surface area (Å²) in [6.45, 7) is 5.83. The maximum absolute atomic E-state index is 12.2. The Hall–Kier alpha value is -1.62. The number of nitrogens with zero attached hydrogens (tertiary/aromatic N) is 1. The first-order chi connectivity index (χ1) is 8.71. The average Bonchev–Trinajstić information content (AvgIpc) is 2.52. The first-order valence-corrected chi connectivity index (χ1v) is 6.35. The lowest BCUT2D eigenvalue weighted by molar-refractivity contribution is 0.0818. The molecule has 2 rings (SSSR count). The van der Waals surface area contributed by atoms with Gasteiger partial charge in [0.1, 0.15) is 5.76 Å². The molecule has 5 nitrogen and oxygen atoms in total. The van der Waals surface area contributed by atoms with Crippen molar-refractivity contribution in [2.75, 3.05) is 14.1 Å². The Morgan fingerprint density at radius 2 is 1.95 bits per heavy atom. The second-order valence-electron chi connectivity index (χ2n) is 6.13. The van der Waals surface area contributed by atoms with Crippen LogP contribution in [0.3, 0.4) is 0 Å². The summed E-state index contributed by atoms with van der Waals surface area (Å²) in [5.74, 6) is 0.631. The van der Waals surface area contributed by atoms with E-state index in [0.717, 1.165) is 0 Å². The largest absolute Gasteiger partial charge is 0.455 e. The normalized spacial score (nSPS) is 17.5. The van der Waals surface area contributed by atoms with E-state index in [-0.39, 0.29) is 22.9 Å². The molecule has 1 aliphatic rings. The summed E-state index contributed by atoms with van der Waals surface area (Å²) >= 11 is 0. The molecule has 0 fully saturated rings. The molecule has 0 aromatic carbocycles. The van der Waals surface area contributed by atoms with Crippen molar-refractivity contribution in [3.8, 4) is 0 Å². The predicted molar refractivity (Wildman–Crippen MR) is 71.0 cm³/mol. The number of carbonyl (C=O) groups excluding carboxylic acids is 2. The minimum atomic E-state index is -0.317. The number of hydrazine groups is 1. The molecular weight excluding hydrogens is 244 g/mol. The molecular formula is C14H20N2O3. The number of hydrogen-bond donors (Lipinski definition) is 1. The summed E-state index contributed by atoms with van der Waals surface area (Å²) in [4.78, 5) is 24.2. The fourth-order valence-corrected chi connectivity index (χ4v) is 2.55. The van der Waals surface area contributed by atoms with Crippen molar-refractivity contribution < 1.29 is 14.0 Å². The minimum absolute atomic E-state index is 0.0661. The third-order valence-electron chi connectivity index (χ3n) is 3.31. The summed E-state index contributed by atoms with van der Waals surface area (Å²) in [6.07, 6.45) is 1.18. The monoisotopic (exact) mass is 264 g/mol. The van der Waals surface area contributed by atoms with E-state index in [9.17, 15) is 9.59 Å². The van der Waals surface area contributed by atoms with Gasteiger partial charge in [0, 0.05) is 32.5 Å². The van der Waals surface area contributed by atoms with Gasteiger partial charge < -0.3 is 4.42 Å². The van der Waals surface area contributed by atoms with Gasteiger partial charge in [0.2, 0.25) is 0 Å². The van der Waals surface area contributed by atoms with Crippen LogP contribution in [0.15, 0.2) is 4.42 Å². The van der Waals surface area contributed by atoms with Crippen LogP contribution in [0.2, 0.25) is 0 Å². The van der Waals surface area contributed by atoms with Crippen molar-refractivity contribution in [3.05, 3.63) is 22.6 Å². The number of carbonyl (C=O) groups is 2. The summed E-state index contributed by atoms with van der Waals surface area (Å²) in [5, 5.41) is 1.55. The molecule has 1 amide bonds. The molecule has 1 aliphatic carbocycles. The van der Waals surface area contributed by atoms with Gasteiger partial charge in [-0.15, -0.1) is 0 Å².